The molecular weight excluding hydrogens is 440 g/mol. The van der Waals surface area contributed by atoms with Gasteiger partial charge in [0.25, 0.3) is 5.91 Å². The predicted octanol–water partition coefficient (Wildman–Crippen LogP) is 1.60. The molecule has 0 aliphatic heterocycles. The van der Waals surface area contributed by atoms with Crippen LogP contribution in [0.3, 0.4) is 0 Å². The molecule has 3 aromatic rings. The molecule has 1 aliphatic rings. The van der Waals surface area contributed by atoms with Gasteiger partial charge in [-0.05, 0) is 22.3 Å². The maximum Gasteiger partial charge on any atom is 0.407 e. The standard InChI is InChI=1S/C24H24N4O6/c29-12-21(23(31)32)27-22(30)20-11-28(14-26-20)10-9-25-24(33)34-13-19-17-7-3-1-5-15(17)16-6-2-4-8-18(16)19/h1-8,11,14,19,21,29H,9-10,12-13H2,(H,25,33)(H,27,30)(H,31,32)/t21-/m0/s1. The second-order valence-corrected chi connectivity index (χ2v) is 7.80. The lowest BCUT2D eigenvalue weighted by Gasteiger charge is -2.14. The first-order valence-electron chi connectivity index (χ1n) is 10.7. The van der Waals surface area contributed by atoms with Crippen LogP contribution in [0.4, 0.5) is 4.79 Å². The number of carbonyl (C=O) groups is 3. The van der Waals surface area contributed by atoms with Gasteiger partial charge in [0.1, 0.15) is 12.3 Å². The summed E-state index contributed by atoms with van der Waals surface area (Å²) in [5.41, 5.74) is 4.57. The topological polar surface area (TPSA) is 143 Å². The first-order valence-corrected chi connectivity index (χ1v) is 10.7. The number of nitrogens with zero attached hydrogens (tertiary/aromatic N) is 2. The number of fused-ring (bicyclic) bond motifs is 3. The van der Waals surface area contributed by atoms with Crippen LogP contribution in [0.15, 0.2) is 61.1 Å². The Kier molecular flexibility index (Phi) is 6.88. The van der Waals surface area contributed by atoms with Crippen LogP contribution in [-0.2, 0) is 16.1 Å². The third-order valence-corrected chi connectivity index (χ3v) is 5.63. The molecule has 10 nitrogen and oxygen atoms in total. The highest BCUT2D eigenvalue weighted by atomic mass is 16.5. The number of hydrogen-bond donors (Lipinski definition) is 4. The number of rotatable bonds is 9. The average Bonchev–Trinajstić information content (AvgIpc) is 3.44. The van der Waals surface area contributed by atoms with Crippen molar-refractivity contribution in [2.45, 2.75) is 18.5 Å². The molecule has 0 bridgehead atoms. The summed E-state index contributed by atoms with van der Waals surface area (Å²) in [6, 6.07) is 14.8. The summed E-state index contributed by atoms with van der Waals surface area (Å²) < 4.78 is 7.06. The van der Waals surface area contributed by atoms with Crippen molar-refractivity contribution in [2.75, 3.05) is 19.8 Å². The number of carboxylic acids is 1. The summed E-state index contributed by atoms with van der Waals surface area (Å²) in [5.74, 6) is -2.09. The van der Waals surface area contributed by atoms with Crippen LogP contribution >= 0.6 is 0 Å². The minimum absolute atomic E-state index is 0.000778. The number of aliphatic hydroxyl groups is 1. The highest BCUT2D eigenvalue weighted by molar-refractivity contribution is 5.94. The van der Waals surface area contributed by atoms with Crippen LogP contribution in [0.5, 0.6) is 0 Å². The normalized spacial score (nSPS) is 13.0. The minimum Gasteiger partial charge on any atom is -0.480 e. The Morgan fingerprint density at radius 3 is 2.32 bits per heavy atom. The quantitative estimate of drug-likeness (QED) is 0.377. The van der Waals surface area contributed by atoms with Crippen LogP contribution in [0.25, 0.3) is 11.1 Å². The van der Waals surface area contributed by atoms with Gasteiger partial charge in [0.05, 0.1) is 12.9 Å². The third-order valence-electron chi connectivity index (χ3n) is 5.63. The molecule has 0 saturated heterocycles. The van der Waals surface area contributed by atoms with Gasteiger partial charge in [-0.15, -0.1) is 0 Å². The first kappa shape index (κ1) is 23.0. The maximum atomic E-state index is 12.2. The predicted molar refractivity (Wildman–Crippen MR) is 121 cm³/mol. The number of aliphatic hydroxyl groups excluding tert-OH is 1. The molecule has 10 heteroatoms. The zero-order chi connectivity index (χ0) is 24.1. The Balaban J connectivity index is 1.26. The van der Waals surface area contributed by atoms with E-state index < -0.39 is 30.6 Å². The molecule has 1 aliphatic carbocycles. The average molecular weight is 464 g/mol. The van der Waals surface area contributed by atoms with Crippen molar-refractivity contribution >= 4 is 18.0 Å². The molecule has 0 saturated carbocycles. The number of carboxylic acid groups (broad SMARTS) is 1. The van der Waals surface area contributed by atoms with Gasteiger partial charge in [0.2, 0.25) is 0 Å². The van der Waals surface area contributed by atoms with E-state index in [1.165, 1.54) is 12.5 Å². The number of benzene rings is 2. The lowest BCUT2D eigenvalue weighted by atomic mass is 9.98. The van der Waals surface area contributed by atoms with Crippen molar-refractivity contribution in [3.8, 4) is 11.1 Å². The Morgan fingerprint density at radius 2 is 1.71 bits per heavy atom. The molecule has 2 aromatic carbocycles. The highest BCUT2D eigenvalue weighted by Gasteiger charge is 2.29. The van der Waals surface area contributed by atoms with E-state index in [0.717, 1.165) is 22.3 Å². The van der Waals surface area contributed by atoms with Crippen LogP contribution < -0.4 is 10.6 Å². The van der Waals surface area contributed by atoms with E-state index in [2.05, 4.69) is 27.8 Å². The van der Waals surface area contributed by atoms with E-state index in [-0.39, 0.29) is 24.8 Å². The summed E-state index contributed by atoms with van der Waals surface area (Å²) in [5, 5.41) is 22.8. The molecule has 1 heterocycles. The minimum atomic E-state index is -1.41. The van der Waals surface area contributed by atoms with Gasteiger partial charge in [-0.2, -0.15) is 0 Å². The van der Waals surface area contributed by atoms with Gasteiger partial charge in [-0.25, -0.2) is 14.6 Å². The zero-order valence-corrected chi connectivity index (χ0v) is 18.2. The molecule has 1 aromatic heterocycles. The summed E-state index contributed by atoms with van der Waals surface area (Å²) in [4.78, 5) is 39.1. The number of amides is 2. The van der Waals surface area contributed by atoms with Gasteiger partial charge < -0.3 is 30.2 Å². The second kappa shape index (κ2) is 10.2. The van der Waals surface area contributed by atoms with Gasteiger partial charge in [0, 0.05) is 25.2 Å². The number of aromatic nitrogens is 2. The number of aliphatic carboxylic acids is 1. The van der Waals surface area contributed by atoms with Gasteiger partial charge in [0.15, 0.2) is 6.04 Å². The van der Waals surface area contributed by atoms with Gasteiger partial charge >= 0.3 is 12.1 Å². The summed E-state index contributed by atoms with van der Waals surface area (Å²) >= 11 is 0. The fourth-order valence-electron chi connectivity index (χ4n) is 3.95. The fourth-order valence-corrected chi connectivity index (χ4v) is 3.95. The van der Waals surface area contributed by atoms with Crippen LogP contribution in [0.2, 0.25) is 0 Å². The van der Waals surface area contributed by atoms with E-state index in [4.69, 9.17) is 14.9 Å². The number of hydrogen-bond acceptors (Lipinski definition) is 6. The Labute approximate surface area is 195 Å². The smallest absolute Gasteiger partial charge is 0.407 e. The maximum absolute atomic E-state index is 12.2. The number of imidazole rings is 1. The van der Waals surface area contributed by atoms with Crippen molar-refractivity contribution in [1.29, 1.82) is 0 Å². The van der Waals surface area contributed by atoms with E-state index in [0.29, 0.717) is 6.54 Å². The molecule has 0 spiro atoms. The molecule has 4 N–H and O–H groups in total. The van der Waals surface area contributed by atoms with Gasteiger partial charge in [-0.1, -0.05) is 48.5 Å². The number of alkyl carbamates (subject to hydrolysis) is 1. The lowest BCUT2D eigenvalue weighted by Crippen LogP contribution is -2.43. The molecule has 176 valence electrons. The molecule has 4 rings (SSSR count). The SMILES string of the molecule is O=C(NCCn1cnc(C(=O)N[C@@H](CO)C(=O)O)c1)OCC1c2ccccc2-c2ccccc21. The Bertz CT molecular complexity index is 1160. The van der Waals surface area contributed by atoms with Crippen molar-refractivity contribution in [2.24, 2.45) is 0 Å². The van der Waals surface area contributed by atoms with Crippen LogP contribution in [0.1, 0.15) is 27.5 Å². The second-order valence-electron chi connectivity index (χ2n) is 7.80. The molecule has 34 heavy (non-hydrogen) atoms. The largest absolute Gasteiger partial charge is 0.480 e. The van der Waals surface area contributed by atoms with Crippen molar-refractivity contribution in [1.82, 2.24) is 20.2 Å². The van der Waals surface area contributed by atoms with Crippen molar-refractivity contribution in [3.63, 3.8) is 0 Å². The van der Waals surface area contributed by atoms with Crippen LogP contribution in [-0.4, -0.2) is 63.5 Å². The summed E-state index contributed by atoms with van der Waals surface area (Å²) in [6.07, 6.45) is 2.26. The fraction of sp³-hybridized carbons (Fsp3) is 0.250. The highest BCUT2D eigenvalue weighted by Crippen LogP contribution is 2.44. The molecule has 0 unspecified atom stereocenters. The molecule has 0 fully saturated rings. The monoisotopic (exact) mass is 464 g/mol. The zero-order valence-electron chi connectivity index (χ0n) is 18.2. The van der Waals surface area contributed by atoms with Gasteiger partial charge in [-0.3, -0.25) is 4.79 Å². The molecule has 0 radical (unpaired) electrons. The summed E-state index contributed by atoms with van der Waals surface area (Å²) in [7, 11) is 0. The molecular formula is C24H24N4O6. The summed E-state index contributed by atoms with van der Waals surface area (Å²) in [6.45, 7) is 0.0476. The van der Waals surface area contributed by atoms with E-state index in [1.54, 1.807) is 4.57 Å². The van der Waals surface area contributed by atoms with Crippen molar-refractivity contribution in [3.05, 3.63) is 77.9 Å². The van der Waals surface area contributed by atoms with E-state index in [9.17, 15) is 14.4 Å². The third kappa shape index (κ3) is 4.91. The molecule has 1 atom stereocenters. The number of ether oxygens (including phenoxy) is 1. The Hall–Kier alpha value is -4.18. The van der Waals surface area contributed by atoms with Crippen molar-refractivity contribution < 1.29 is 29.3 Å². The van der Waals surface area contributed by atoms with E-state index in [1.807, 2.05) is 36.4 Å². The molecule has 2 amide bonds. The van der Waals surface area contributed by atoms with E-state index >= 15 is 0 Å². The Morgan fingerprint density at radius 1 is 1.06 bits per heavy atom. The van der Waals surface area contributed by atoms with Crippen LogP contribution in [0, 0.1) is 0 Å². The number of carbonyl (C=O) groups excluding carboxylic acids is 2. The lowest BCUT2D eigenvalue weighted by molar-refractivity contribution is -0.140. The number of nitrogens with one attached hydrogen (secondary N) is 2. The first-order chi connectivity index (χ1) is 16.5.